The van der Waals surface area contributed by atoms with Gasteiger partial charge in [-0.15, -0.1) is 0 Å². The van der Waals surface area contributed by atoms with E-state index >= 15 is 0 Å². The van der Waals surface area contributed by atoms with Gasteiger partial charge in [-0.1, -0.05) is 30.3 Å². The van der Waals surface area contributed by atoms with E-state index in [1.165, 1.54) is 0 Å². The Balaban J connectivity index is 2.57. The number of hydrogen-bond donors (Lipinski definition) is 2. The molecule has 15 heavy (non-hydrogen) atoms. The minimum atomic E-state index is -1.22. The molecule has 2 N–H and O–H groups in total. The number of rotatable bonds is 5. The van der Waals surface area contributed by atoms with Crippen LogP contribution >= 0.6 is 0 Å². The molecule has 0 heterocycles. The van der Waals surface area contributed by atoms with E-state index in [0.29, 0.717) is 5.56 Å². The first-order chi connectivity index (χ1) is 7.11. The highest BCUT2D eigenvalue weighted by Gasteiger charge is 2.17. The molecule has 1 unspecified atom stereocenters. The van der Waals surface area contributed by atoms with Gasteiger partial charge in [0.2, 0.25) is 0 Å². The van der Waals surface area contributed by atoms with Crippen LogP contribution in [0, 0.1) is 0 Å². The van der Waals surface area contributed by atoms with Crippen LogP contribution in [0.3, 0.4) is 0 Å². The van der Waals surface area contributed by atoms with Gasteiger partial charge in [-0.3, -0.25) is 9.59 Å². The lowest BCUT2D eigenvalue weighted by molar-refractivity contribution is -0.139. The van der Waals surface area contributed by atoms with Crippen molar-refractivity contribution < 1.29 is 19.8 Å². The summed E-state index contributed by atoms with van der Waals surface area (Å²) in [7, 11) is 0. The van der Waals surface area contributed by atoms with Gasteiger partial charge in [0.05, 0.1) is 6.42 Å². The maximum atomic E-state index is 11.3. The molecule has 4 nitrogen and oxygen atoms in total. The summed E-state index contributed by atoms with van der Waals surface area (Å²) in [4.78, 5) is 21.6. The van der Waals surface area contributed by atoms with Crippen molar-refractivity contribution in [1.29, 1.82) is 0 Å². The Morgan fingerprint density at radius 1 is 1.13 bits per heavy atom. The number of aliphatic hydroxyl groups excluding tert-OH is 1. The molecule has 0 saturated heterocycles. The maximum Gasteiger partial charge on any atom is 0.303 e. The van der Waals surface area contributed by atoms with Gasteiger partial charge in [-0.25, -0.2) is 0 Å². The van der Waals surface area contributed by atoms with Crippen molar-refractivity contribution in [2.45, 2.75) is 18.9 Å². The van der Waals surface area contributed by atoms with Crippen LogP contribution in [-0.4, -0.2) is 22.0 Å². The summed E-state index contributed by atoms with van der Waals surface area (Å²) in [5.41, 5.74) is 0.493. The standard InChI is InChI=1S/C11H12O4/c12-9(6-7-10(13)14)11(15)8-4-2-1-3-5-8/h1-5,11,15H,6-7H2,(H,13,14). The highest BCUT2D eigenvalue weighted by atomic mass is 16.4. The number of carbonyl (C=O) groups is 2. The molecule has 0 aliphatic heterocycles. The smallest absolute Gasteiger partial charge is 0.303 e. The molecule has 1 aromatic rings. The number of carboxylic acid groups (broad SMARTS) is 1. The second kappa shape index (κ2) is 5.26. The number of Topliss-reactive ketones (excluding diaryl/α,β-unsaturated/α-hetero) is 1. The highest BCUT2D eigenvalue weighted by Crippen LogP contribution is 2.15. The Kier molecular flexibility index (Phi) is 4.00. The van der Waals surface area contributed by atoms with Gasteiger partial charge in [0.15, 0.2) is 5.78 Å². The van der Waals surface area contributed by atoms with Gasteiger partial charge >= 0.3 is 5.97 Å². The SMILES string of the molecule is O=C(O)CCC(=O)C(O)c1ccccc1. The predicted molar refractivity (Wildman–Crippen MR) is 53.3 cm³/mol. The quantitative estimate of drug-likeness (QED) is 0.761. The van der Waals surface area contributed by atoms with Crippen LogP contribution in [0.2, 0.25) is 0 Å². The van der Waals surface area contributed by atoms with Gasteiger partial charge in [0.1, 0.15) is 6.10 Å². The zero-order chi connectivity index (χ0) is 11.3. The lowest BCUT2D eigenvalue weighted by Crippen LogP contribution is -2.13. The van der Waals surface area contributed by atoms with Crippen molar-refractivity contribution in [1.82, 2.24) is 0 Å². The first-order valence-electron chi connectivity index (χ1n) is 4.59. The molecule has 0 radical (unpaired) electrons. The third-order valence-corrected chi connectivity index (χ3v) is 2.01. The first-order valence-corrected chi connectivity index (χ1v) is 4.59. The third-order valence-electron chi connectivity index (χ3n) is 2.01. The highest BCUT2D eigenvalue weighted by molar-refractivity contribution is 5.86. The lowest BCUT2D eigenvalue weighted by Gasteiger charge is -2.08. The van der Waals surface area contributed by atoms with E-state index in [9.17, 15) is 14.7 Å². The van der Waals surface area contributed by atoms with E-state index in [0.717, 1.165) is 0 Å². The van der Waals surface area contributed by atoms with Gasteiger partial charge in [-0.05, 0) is 5.56 Å². The summed E-state index contributed by atoms with van der Waals surface area (Å²) in [5.74, 6) is -1.51. The number of benzene rings is 1. The number of aliphatic carboxylic acids is 1. The van der Waals surface area contributed by atoms with Crippen molar-refractivity contribution in [3.8, 4) is 0 Å². The summed E-state index contributed by atoms with van der Waals surface area (Å²) in [6, 6.07) is 8.46. The van der Waals surface area contributed by atoms with E-state index < -0.39 is 17.9 Å². The molecule has 0 aliphatic rings. The van der Waals surface area contributed by atoms with E-state index in [-0.39, 0.29) is 12.8 Å². The van der Waals surface area contributed by atoms with E-state index in [1.54, 1.807) is 30.3 Å². The fourth-order valence-electron chi connectivity index (χ4n) is 1.19. The van der Waals surface area contributed by atoms with Crippen molar-refractivity contribution in [2.24, 2.45) is 0 Å². The van der Waals surface area contributed by atoms with Crippen LogP contribution in [-0.2, 0) is 9.59 Å². The molecule has 0 aromatic heterocycles. The molecule has 0 bridgehead atoms. The van der Waals surface area contributed by atoms with E-state index in [4.69, 9.17) is 5.11 Å². The fourth-order valence-corrected chi connectivity index (χ4v) is 1.19. The Morgan fingerprint density at radius 2 is 1.73 bits per heavy atom. The third kappa shape index (κ3) is 3.52. The molecule has 0 spiro atoms. The second-order valence-corrected chi connectivity index (χ2v) is 3.17. The van der Waals surface area contributed by atoms with Gasteiger partial charge in [-0.2, -0.15) is 0 Å². The summed E-state index contributed by atoms with van der Waals surface area (Å²) >= 11 is 0. The number of carboxylic acids is 1. The average molecular weight is 208 g/mol. The molecular formula is C11H12O4. The minimum Gasteiger partial charge on any atom is -0.481 e. The van der Waals surface area contributed by atoms with E-state index in [1.807, 2.05) is 0 Å². The minimum absolute atomic E-state index is 0.147. The summed E-state index contributed by atoms with van der Waals surface area (Å²) in [6.45, 7) is 0. The predicted octanol–water partition coefficient (Wildman–Crippen LogP) is 1.15. The van der Waals surface area contributed by atoms with E-state index in [2.05, 4.69) is 0 Å². The van der Waals surface area contributed by atoms with Crippen LogP contribution in [0.1, 0.15) is 24.5 Å². The molecular weight excluding hydrogens is 196 g/mol. The molecule has 4 heteroatoms. The zero-order valence-electron chi connectivity index (χ0n) is 8.09. The molecule has 1 atom stereocenters. The zero-order valence-corrected chi connectivity index (χ0v) is 8.09. The Morgan fingerprint density at radius 3 is 2.27 bits per heavy atom. The van der Waals surface area contributed by atoms with Crippen molar-refractivity contribution in [3.63, 3.8) is 0 Å². The van der Waals surface area contributed by atoms with Crippen LogP contribution in [0.5, 0.6) is 0 Å². The van der Waals surface area contributed by atoms with Crippen LogP contribution in [0.4, 0.5) is 0 Å². The molecule has 0 fully saturated rings. The largest absolute Gasteiger partial charge is 0.481 e. The first kappa shape index (κ1) is 11.4. The normalized spacial score (nSPS) is 12.1. The molecule has 1 aromatic carbocycles. The Labute approximate surface area is 87.2 Å². The van der Waals surface area contributed by atoms with Crippen LogP contribution in [0.15, 0.2) is 30.3 Å². The molecule has 1 rings (SSSR count). The summed E-state index contributed by atoms with van der Waals surface area (Å²) < 4.78 is 0. The van der Waals surface area contributed by atoms with Crippen molar-refractivity contribution >= 4 is 11.8 Å². The Bertz CT molecular complexity index is 345. The monoisotopic (exact) mass is 208 g/mol. The Hall–Kier alpha value is -1.68. The van der Waals surface area contributed by atoms with Crippen LogP contribution < -0.4 is 0 Å². The summed E-state index contributed by atoms with van der Waals surface area (Å²) in [6.07, 6.45) is -1.61. The second-order valence-electron chi connectivity index (χ2n) is 3.17. The molecule has 0 amide bonds. The topological polar surface area (TPSA) is 74.6 Å². The van der Waals surface area contributed by atoms with Crippen molar-refractivity contribution in [2.75, 3.05) is 0 Å². The van der Waals surface area contributed by atoms with Crippen molar-refractivity contribution in [3.05, 3.63) is 35.9 Å². The number of hydrogen-bond acceptors (Lipinski definition) is 3. The fraction of sp³-hybridized carbons (Fsp3) is 0.273. The lowest BCUT2D eigenvalue weighted by atomic mass is 10.0. The van der Waals surface area contributed by atoms with Gasteiger partial charge < -0.3 is 10.2 Å². The van der Waals surface area contributed by atoms with Gasteiger partial charge in [0, 0.05) is 6.42 Å². The number of carbonyl (C=O) groups excluding carboxylic acids is 1. The number of aliphatic hydroxyl groups is 1. The number of ketones is 1. The average Bonchev–Trinajstić information content (AvgIpc) is 2.26. The summed E-state index contributed by atoms with van der Waals surface area (Å²) in [5, 5.41) is 17.9. The maximum absolute atomic E-state index is 11.3. The van der Waals surface area contributed by atoms with Crippen LogP contribution in [0.25, 0.3) is 0 Å². The molecule has 80 valence electrons. The van der Waals surface area contributed by atoms with Gasteiger partial charge in [0.25, 0.3) is 0 Å². The molecule has 0 aliphatic carbocycles. The molecule has 0 saturated carbocycles.